The summed E-state index contributed by atoms with van der Waals surface area (Å²) < 4.78 is 7.43. The molecule has 1 aliphatic heterocycles. The van der Waals surface area contributed by atoms with Gasteiger partial charge in [-0.3, -0.25) is 9.36 Å². The minimum absolute atomic E-state index is 0.106. The van der Waals surface area contributed by atoms with E-state index in [0.717, 1.165) is 65.3 Å². The second-order valence-corrected chi connectivity index (χ2v) is 10.2. The lowest BCUT2D eigenvalue weighted by Gasteiger charge is -2.32. The number of methoxy groups -OCH3 is 1. The molecule has 0 radical (unpaired) electrons. The maximum absolute atomic E-state index is 12.9. The minimum atomic E-state index is 0.106. The Morgan fingerprint density at radius 2 is 1.57 bits per heavy atom. The number of carbonyl (C=O) groups is 1. The Morgan fingerprint density at radius 3 is 2.22 bits per heavy atom. The van der Waals surface area contributed by atoms with E-state index in [4.69, 9.17) is 4.74 Å². The van der Waals surface area contributed by atoms with Crippen LogP contribution in [0, 0.1) is 6.92 Å². The number of aryl methyl sites for hydroxylation is 1. The molecule has 1 fully saturated rings. The smallest absolute Gasteiger partial charge is 0.253 e. The van der Waals surface area contributed by atoms with E-state index in [-0.39, 0.29) is 5.91 Å². The number of nitrogens with zero attached hydrogens (tertiary/aromatic N) is 5. The first-order chi connectivity index (χ1) is 18.0. The summed E-state index contributed by atoms with van der Waals surface area (Å²) in [6.45, 7) is 5.46. The van der Waals surface area contributed by atoms with Crippen molar-refractivity contribution in [1.29, 1.82) is 0 Å². The van der Waals surface area contributed by atoms with Crippen molar-refractivity contribution in [3.05, 3.63) is 89.5 Å². The fourth-order valence-corrected chi connectivity index (χ4v) is 5.21. The Bertz CT molecular complexity index is 1340. The molecule has 5 rings (SSSR count). The van der Waals surface area contributed by atoms with E-state index < -0.39 is 0 Å². The Hall–Kier alpha value is -3.62. The molecule has 0 unspecified atom stereocenters. The highest BCUT2D eigenvalue weighted by molar-refractivity contribution is 7.98. The summed E-state index contributed by atoms with van der Waals surface area (Å²) in [7, 11) is 3.75. The molecule has 0 aliphatic carbocycles. The molecule has 0 N–H and O–H groups in total. The second kappa shape index (κ2) is 11.2. The highest BCUT2D eigenvalue weighted by Crippen LogP contribution is 2.30. The van der Waals surface area contributed by atoms with Gasteiger partial charge in [0.2, 0.25) is 0 Å². The van der Waals surface area contributed by atoms with Crippen molar-refractivity contribution >= 4 is 17.7 Å². The molecule has 1 amide bonds. The Morgan fingerprint density at radius 1 is 0.892 bits per heavy atom. The second-order valence-electron chi connectivity index (χ2n) is 9.29. The zero-order valence-corrected chi connectivity index (χ0v) is 22.2. The molecular weight excluding hydrogens is 482 g/mol. The number of likely N-dealkylation sites (N-methyl/N-ethyl adjacent to an activating group) is 1. The normalized spacial score (nSPS) is 14.1. The van der Waals surface area contributed by atoms with Crippen LogP contribution in [0.1, 0.15) is 21.5 Å². The van der Waals surface area contributed by atoms with Gasteiger partial charge >= 0.3 is 0 Å². The first kappa shape index (κ1) is 25.0. The molecule has 1 saturated heterocycles. The summed E-state index contributed by atoms with van der Waals surface area (Å²) in [5, 5.41) is 9.89. The zero-order valence-electron chi connectivity index (χ0n) is 21.4. The topological polar surface area (TPSA) is 63.5 Å². The van der Waals surface area contributed by atoms with Crippen molar-refractivity contribution in [2.75, 3.05) is 40.3 Å². The van der Waals surface area contributed by atoms with E-state index in [1.165, 1.54) is 5.56 Å². The highest BCUT2D eigenvalue weighted by atomic mass is 32.2. The van der Waals surface area contributed by atoms with Crippen LogP contribution in [-0.4, -0.2) is 70.8 Å². The first-order valence-corrected chi connectivity index (χ1v) is 13.4. The van der Waals surface area contributed by atoms with Gasteiger partial charge in [-0.25, -0.2) is 0 Å². The average molecular weight is 514 g/mol. The monoisotopic (exact) mass is 513 g/mol. The summed E-state index contributed by atoms with van der Waals surface area (Å²) in [5.74, 6) is 2.41. The number of benzene rings is 3. The van der Waals surface area contributed by atoms with E-state index in [2.05, 4.69) is 57.9 Å². The predicted octanol–water partition coefficient (Wildman–Crippen LogP) is 4.93. The van der Waals surface area contributed by atoms with Crippen LogP contribution in [0.2, 0.25) is 0 Å². The van der Waals surface area contributed by atoms with Crippen LogP contribution >= 0.6 is 11.8 Å². The van der Waals surface area contributed by atoms with E-state index in [1.54, 1.807) is 18.9 Å². The third-order valence-corrected chi connectivity index (χ3v) is 7.63. The van der Waals surface area contributed by atoms with Crippen LogP contribution in [0.25, 0.3) is 17.1 Å². The van der Waals surface area contributed by atoms with Crippen molar-refractivity contribution < 1.29 is 9.53 Å². The van der Waals surface area contributed by atoms with Gasteiger partial charge in [0.15, 0.2) is 11.0 Å². The standard InChI is InChI=1S/C29H31N5O2S/c1-21-4-8-23(9-5-21)27-30-31-29(34(27)25-12-14-26(36-3)15-13-25)37-20-22-6-10-24(11-7-22)28(35)33-18-16-32(2)17-19-33/h4-15H,16-20H2,1-3H3. The molecule has 1 aliphatic rings. The molecule has 190 valence electrons. The SMILES string of the molecule is COc1ccc(-n2c(SCc3ccc(C(=O)N4CCN(C)CC4)cc3)nnc2-c2ccc(C)cc2)cc1. The van der Waals surface area contributed by atoms with E-state index >= 15 is 0 Å². The van der Waals surface area contributed by atoms with Crippen molar-refractivity contribution in [2.24, 2.45) is 0 Å². The van der Waals surface area contributed by atoms with E-state index in [0.29, 0.717) is 5.75 Å². The van der Waals surface area contributed by atoms with Gasteiger partial charge in [0.1, 0.15) is 5.75 Å². The molecule has 4 aromatic rings. The van der Waals surface area contributed by atoms with Crippen molar-refractivity contribution in [3.63, 3.8) is 0 Å². The van der Waals surface area contributed by atoms with Gasteiger partial charge in [-0.15, -0.1) is 10.2 Å². The minimum Gasteiger partial charge on any atom is -0.497 e. The van der Waals surface area contributed by atoms with Gasteiger partial charge in [-0.05, 0) is 55.9 Å². The van der Waals surface area contributed by atoms with Crippen LogP contribution in [0.3, 0.4) is 0 Å². The van der Waals surface area contributed by atoms with Crippen LogP contribution in [-0.2, 0) is 5.75 Å². The molecular formula is C29H31N5O2S. The average Bonchev–Trinajstić information content (AvgIpc) is 3.36. The summed E-state index contributed by atoms with van der Waals surface area (Å²) in [4.78, 5) is 17.1. The predicted molar refractivity (Wildman–Crippen MR) is 147 cm³/mol. The van der Waals surface area contributed by atoms with Gasteiger partial charge in [0.05, 0.1) is 7.11 Å². The molecule has 3 aromatic carbocycles. The number of piperazine rings is 1. The number of ether oxygens (including phenoxy) is 1. The Labute approximate surface area is 222 Å². The fourth-order valence-electron chi connectivity index (χ4n) is 4.30. The van der Waals surface area contributed by atoms with Crippen LogP contribution < -0.4 is 4.74 Å². The number of rotatable bonds is 7. The number of thioether (sulfide) groups is 1. The number of carbonyl (C=O) groups excluding carboxylic acids is 1. The maximum Gasteiger partial charge on any atom is 0.253 e. The number of amides is 1. The molecule has 0 spiro atoms. The van der Waals surface area contributed by atoms with Crippen LogP contribution in [0.4, 0.5) is 0 Å². The molecule has 1 aromatic heterocycles. The zero-order chi connectivity index (χ0) is 25.8. The summed E-state index contributed by atoms with van der Waals surface area (Å²) in [6.07, 6.45) is 0. The first-order valence-electron chi connectivity index (χ1n) is 12.4. The molecule has 0 bridgehead atoms. The third-order valence-electron chi connectivity index (χ3n) is 6.63. The third kappa shape index (κ3) is 5.70. The Balaban J connectivity index is 1.35. The maximum atomic E-state index is 12.9. The fraction of sp³-hybridized carbons (Fsp3) is 0.276. The van der Waals surface area contributed by atoms with Crippen LogP contribution in [0.5, 0.6) is 5.75 Å². The molecule has 0 saturated carbocycles. The van der Waals surface area contributed by atoms with E-state index in [9.17, 15) is 4.79 Å². The van der Waals surface area contributed by atoms with Crippen molar-refractivity contribution in [2.45, 2.75) is 17.8 Å². The lowest BCUT2D eigenvalue weighted by atomic mass is 10.1. The van der Waals surface area contributed by atoms with Crippen LogP contribution in [0.15, 0.2) is 78.0 Å². The highest BCUT2D eigenvalue weighted by Gasteiger charge is 2.20. The van der Waals surface area contributed by atoms with Gasteiger partial charge in [0.25, 0.3) is 5.91 Å². The lowest BCUT2D eigenvalue weighted by molar-refractivity contribution is 0.0664. The van der Waals surface area contributed by atoms with Gasteiger partial charge in [0, 0.05) is 48.7 Å². The van der Waals surface area contributed by atoms with Crippen molar-refractivity contribution in [3.8, 4) is 22.8 Å². The Kier molecular flexibility index (Phi) is 7.58. The summed E-state index contributed by atoms with van der Waals surface area (Å²) in [6, 6.07) is 24.2. The number of hydrogen-bond donors (Lipinski definition) is 0. The quantitative estimate of drug-likeness (QED) is 0.327. The molecule has 2 heterocycles. The van der Waals surface area contributed by atoms with E-state index in [1.807, 2.05) is 53.4 Å². The van der Waals surface area contributed by atoms with Gasteiger partial charge < -0.3 is 14.5 Å². The van der Waals surface area contributed by atoms with Gasteiger partial charge in [-0.2, -0.15) is 0 Å². The molecule has 37 heavy (non-hydrogen) atoms. The largest absolute Gasteiger partial charge is 0.497 e. The van der Waals surface area contributed by atoms with Gasteiger partial charge in [-0.1, -0.05) is 53.7 Å². The summed E-state index contributed by atoms with van der Waals surface area (Å²) >= 11 is 1.62. The summed E-state index contributed by atoms with van der Waals surface area (Å²) in [5.41, 5.74) is 5.04. The number of hydrogen-bond acceptors (Lipinski definition) is 6. The number of aromatic nitrogens is 3. The molecule has 8 heteroatoms. The molecule has 7 nitrogen and oxygen atoms in total. The molecule has 0 atom stereocenters. The van der Waals surface area contributed by atoms with Crippen molar-refractivity contribution in [1.82, 2.24) is 24.6 Å². The lowest BCUT2D eigenvalue weighted by Crippen LogP contribution is -2.47.